The topological polar surface area (TPSA) is 63.2 Å². The molecule has 1 aromatic carbocycles. The van der Waals surface area contributed by atoms with Crippen LogP contribution in [-0.2, 0) is 6.61 Å². The van der Waals surface area contributed by atoms with Gasteiger partial charge in [0.1, 0.15) is 28.1 Å². The first-order valence-corrected chi connectivity index (χ1v) is 8.25. The molecule has 0 bridgehead atoms. The molecule has 0 radical (unpaired) electrons. The molecule has 0 aliphatic heterocycles. The Morgan fingerprint density at radius 3 is 2.56 bits per heavy atom. The highest BCUT2D eigenvalue weighted by Crippen LogP contribution is 2.20. The van der Waals surface area contributed by atoms with E-state index in [2.05, 4.69) is 15.6 Å². The standard InChI is InChI=1S/C16H20FN3O2S.2ClH/c1-3-18-8-9-19-16(21)15-11(2)20-14(23-15)10-22-13-6-4-12(17)5-7-13;;/h4-7,18H,3,8-10H2,1-2H3,(H,19,21);2*1H. The maximum atomic E-state index is 12.8. The smallest absolute Gasteiger partial charge is 0.263 e. The summed E-state index contributed by atoms with van der Waals surface area (Å²) in [6, 6.07) is 5.80. The minimum absolute atomic E-state index is 0. The van der Waals surface area contributed by atoms with Gasteiger partial charge in [0.2, 0.25) is 0 Å². The fourth-order valence-electron chi connectivity index (χ4n) is 1.92. The van der Waals surface area contributed by atoms with Gasteiger partial charge in [-0.3, -0.25) is 4.79 Å². The van der Waals surface area contributed by atoms with Crippen LogP contribution in [-0.4, -0.2) is 30.5 Å². The molecule has 2 N–H and O–H groups in total. The fraction of sp³-hybridized carbons (Fsp3) is 0.375. The van der Waals surface area contributed by atoms with Gasteiger partial charge in [0.25, 0.3) is 5.91 Å². The van der Waals surface area contributed by atoms with E-state index in [0.717, 1.165) is 13.1 Å². The molecule has 0 aliphatic rings. The first-order chi connectivity index (χ1) is 11.1. The van der Waals surface area contributed by atoms with Gasteiger partial charge < -0.3 is 15.4 Å². The molecule has 9 heteroatoms. The van der Waals surface area contributed by atoms with Crippen LogP contribution in [0.1, 0.15) is 27.3 Å². The Bertz CT molecular complexity index is 653. The highest BCUT2D eigenvalue weighted by Gasteiger charge is 2.15. The molecule has 0 aliphatic carbocycles. The predicted octanol–water partition coefficient (Wildman–Crippen LogP) is 3.35. The maximum Gasteiger partial charge on any atom is 0.263 e. The monoisotopic (exact) mass is 409 g/mol. The third kappa shape index (κ3) is 7.56. The summed E-state index contributed by atoms with van der Waals surface area (Å²) in [5.74, 6) is 0.140. The molecule has 1 amide bonds. The van der Waals surface area contributed by atoms with Gasteiger partial charge in [-0.05, 0) is 37.7 Å². The number of rotatable bonds is 8. The van der Waals surface area contributed by atoms with E-state index in [1.54, 1.807) is 19.1 Å². The lowest BCUT2D eigenvalue weighted by molar-refractivity contribution is 0.0957. The van der Waals surface area contributed by atoms with Crippen LogP contribution >= 0.6 is 36.2 Å². The zero-order valence-electron chi connectivity index (χ0n) is 14.0. The number of carbonyl (C=O) groups is 1. The van der Waals surface area contributed by atoms with Gasteiger partial charge in [-0.1, -0.05) is 6.92 Å². The summed E-state index contributed by atoms with van der Waals surface area (Å²) < 4.78 is 18.4. The van der Waals surface area contributed by atoms with Crippen molar-refractivity contribution in [3.63, 3.8) is 0 Å². The van der Waals surface area contributed by atoms with Crippen LogP contribution in [0.2, 0.25) is 0 Å². The number of ether oxygens (including phenoxy) is 1. The van der Waals surface area contributed by atoms with E-state index in [4.69, 9.17) is 4.74 Å². The maximum absolute atomic E-state index is 12.8. The Labute approximate surface area is 163 Å². The predicted molar refractivity (Wildman–Crippen MR) is 103 cm³/mol. The van der Waals surface area contributed by atoms with Crippen molar-refractivity contribution in [3.05, 3.63) is 45.7 Å². The average Bonchev–Trinajstić information content (AvgIpc) is 2.92. The fourth-order valence-corrected chi connectivity index (χ4v) is 2.82. The van der Waals surface area contributed by atoms with Crippen molar-refractivity contribution >= 4 is 42.1 Å². The minimum atomic E-state index is -0.307. The van der Waals surface area contributed by atoms with E-state index in [0.29, 0.717) is 27.9 Å². The minimum Gasteiger partial charge on any atom is -0.486 e. The van der Waals surface area contributed by atoms with Gasteiger partial charge in [-0.15, -0.1) is 36.2 Å². The molecule has 0 saturated heterocycles. The highest BCUT2D eigenvalue weighted by atomic mass is 35.5. The molecule has 0 spiro atoms. The summed E-state index contributed by atoms with van der Waals surface area (Å²) in [5.41, 5.74) is 0.689. The summed E-state index contributed by atoms with van der Waals surface area (Å²) in [7, 11) is 0. The SMILES string of the molecule is CCNCCNC(=O)c1sc(COc2ccc(F)cc2)nc1C.Cl.Cl. The first kappa shape index (κ1) is 23.6. The Balaban J connectivity index is 0.00000288. The van der Waals surface area contributed by atoms with Crippen LogP contribution in [0, 0.1) is 12.7 Å². The van der Waals surface area contributed by atoms with Crippen LogP contribution in [0.3, 0.4) is 0 Å². The summed E-state index contributed by atoms with van der Waals surface area (Å²) >= 11 is 1.31. The third-order valence-corrected chi connectivity index (χ3v) is 4.19. The van der Waals surface area contributed by atoms with Crippen LogP contribution in [0.4, 0.5) is 4.39 Å². The van der Waals surface area contributed by atoms with Crippen molar-refractivity contribution in [1.82, 2.24) is 15.6 Å². The molecule has 2 aromatic rings. The zero-order chi connectivity index (χ0) is 16.7. The largest absolute Gasteiger partial charge is 0.486 e. The van der Waals surface area contributed by atoms with Crippen LogP contribution in [0.5, 0.6) is 5.75 Å². The summed E-state index contributed by atoms with van der Waals surface area (Å²) in [4.78, 5) is 17.1. The number of nitrogens with one attached hydrogen (secondary N) is 2. The number of likely N-dealkylation sites (N-methyl/N-ethyl adjacent to an activating group) is 1. The van der Waals surface area contributed by atoms with Crippen molar-refractivity contribution < 1.29 is 13.9 Å². The number of hydrogen-bond acceptors (Lipinski definition) is 5. The molecule has 25 heavy (non-hydrogen) atoms. The van der Waals surface area contributed by atoms with Gasteiger partial charge in [0, 0.05) is 13.1 Å². The highest BCUT2D eigenvalue weighted by molar-refractivity contribution is 7.13. The summed E-state index contributed by atoms with van der Waals surface area (Å²) in [6.45, 7) is 6.26. The number of benzene rings is 1. The van der Waals surface area contributed by atoms with E-state index in [1.807, 2.05) is 6.92 Å². The van der Waals surface area contributed by atoms with Gasteiger partial charge >= 0.3 is 0 Å². The lowest BCUT2D eigenvalue weighted by Crippen LogP contribution is -2.31. The molecule has 0 saturated carbocycles. The molecule has 140 valence electrons. The van der Waals surface area contributed by atoms with Crippen molar-refractivity contribution in [2.45, 2.75) is 20.5 Å². The molecular weight excluding hydrogens is 388 g/mol. The van der Waals surface area contributed by atoms with Crippen LogP contribution in [0.25, 0.3) is 0 Å². The lowest BCUT2D eigenvalue weighted by atomic mass is 10.3. The first-order valence-electron chi connectivity index (χ1n) is 7.43. The number of amides is 1. The van der Waals surface area contributed by atoms with E-state index in [9.17, 15) is 9.18 Å². The lowest BCUT2D eigenvalue weighted by Gasteiger charge is -2.04. The number of hydrogen-bond donors (Lipinski definition) is 2. The molecular formula is C16H22Cl2FN3O2S. The molecule has 2 rings (SSSR count). The van der Waals surface area contributed by atoms with Gasteiger partial charge in [0.05, 0.1) is 5.69 Å². The zero-order valence-corrected chi connectivity index (χ0v) is 16.5. The number of aryl methyl sites for hydroxylation is 1. The van der Waals surface area contributed by atoms with Gasteiger partial charge in [0.15, 0.2) is 0 Å². The second kappa shape index (κ2) is 12.0. The van der Waals surface area contributed by atoms with Crippen molar-refractivity contribution in [3.8, 4) is 5.75 Å². The van der Waals surface area contributed by atoms with Crippen molar-refractivity contribution in [1.29, 1.82) is 0 Å². The molecule has 0 unspecified atom stereocenters. The van der Waals surface area contributed by atoms with E-state index >= 15 is 0 Å². The molecule has 0 fully saturated rings. The second-order valence-electron chi connectivity index (χ2n) is 4.87. The summed E-state index contributed by atoms with van der Waals surface area (Å²) in [5, 5.41) is 6.71. The quantitative estimate of drug-likeness (QED) is 0.656. The average molecular weight is 410 g/mol. The molecule has 0 atom stereocenters. The number of carbonyl (C=O) groups excluding carboxylic acids is 1. The Morgan fingerprint density at radius 1 is 1.24 bits per heavy atom. The van der Waals surface area contributed by atoms with Crippen LogP contribution in [0.15, 0.2) is 24.3 Å². The van der Waals surface area contributed by atoms with E-state index in [1.165, 1.54) is 23.5 Å². The normalized spacial score (nSPS) is 9.72. The number of halogens is 3. The van der Waals surface area contributed by atoms with Crippen LogP contribution < -0.4 is 15.4 Å². The molecule has 5 nitrogen and oxygen atoms in total. The number of thiazole rings is 1. The van der Waals surface area contributed by atoms with Gasteiger partial charge in [-0.25, -0.2) is 9.37 Å². The second-order valence-corrected chi connectivity index (χ2v) is 5.96. The molecule has 1 heterocycles. The number of aromatic nitrogens is 1. The molecule has 1 aromatic heterocycles. The Morgan fingerprint density at radius 2 is 1.92 bits per heavy atom. The number of nitrogens with zero attached hydrogens (tertiary/aromatic N) is 1. The van der Waals surface area contributed by atoms with E-state index < -0.39 is 0 Å². The summed E-state index contributed by atoms with van der Waals surface area (Å²) in [6.07, 6.45) is 0. The van der Waals surface area contributed by atoms with E-state index in [-0.39, 0.29) is 43.1 Å². The van der Waals surface area contributed by atoms with Gasteiger partial charge in [-0.2, -0.15) is 0 Å². The van der Waals surface area contributed by atoms with Crippen molar-refractivity contribution in [2.24, 2.45) is 0 Å². The van der Waals surface area contributed by atoms with Crippen molar-refractivity contribution in [2.75, 3.05) is 19.6 Å². The Kier molecular flexibility index (Phi) is 11.3. The Hall–Kier alpha value is -1.41. The third-order valence-electron chi connectivity index (χ3n) is 3.06.